The number of benzene rings is 1. The summed E-state index contributed by atoms with van der Waals surface area (Å²) in [7, 11) is 0. The predicted octanol–water partition coefficient (Wildman–Crippen LogP) is 3.96. The molecule has 0 aromatic heterocycles. The van der Waals surface area contributed by atoms with E-state index in [0.717, 1.165) is 11.6 Å². The third-order valence-corrected chi connectivity index (χ3v) is 3.43. The van der Waals surface area contributed by atoms with Gasteiger partial charge in [-0.2, -0.15) is 0 Å². The van der Waals surface area contributed by atoms with Gasteiger partial charge in [0.05, 0.1) is 0 Å². The molecule has 16 heavy (non-hydrogen) atoms. The van der Waals surface area contributed by atoms with Gasteiger partial charge in [-0.3, -0.25) is 0 Å². The second-order valence-electron chi connectivity index (χ2n) is 5.09. The molecule has 1 aliphatic carbocycles. The van der Waals surface area contributed by atoms with Crippen LogP contribution < -0.4 is 5.32 Å². The van der Waals surface area contributed by atoms with E-state index in [4.69, 9.17) is 11.6 Å². The van der Waals surface area contributed by atoms with Crippen LogP contribution in [0.2, 0.25) is 5.02 Å². The fourth-order valence-corrected chi connectivity index (χ4v) is 2.57. The highest BCUT2D eigenvalue weighted by Gasteiger charge is 2.19. The zero-order valence-electron chi connectivity index (χ0n) is 10.1. The zero-order chi connectivity index (χ0) is 11.5. The molecule has 1 atom stereocenters. The summed E-state index contributed by atoms with van der Waals surface area (Å²) in [5, 5.41) is 4.52. The molecule has 0 amide bonds. The minimum Gasteiger partial charge on any atom is -0.310 e. The van der Waals surface area contributed by atoms with Gasteiger partial charge in [0.2, 0.25) is 0 Å². The Morgan fingerprint density at radius 2 is 2.25 bits per heavy atom. The van der Waals surface area contributed by atoms with Crippen molar-refractivity contribution in [2.45, 2.75) is 39.2 Å². The molecule has 0 spiro atoms. The van der Waals surface area contributed by atoms with Crippen molar-refractivity contribution >= 4 is 11.6 Å². The molecule has 1 nitrogen and oxygen atoms in total. The lowest BCUT2D eigenvalue weighted by molar-refractivity contribution is 0.427. The zero-order valence-corrected chi connectivity index (χ0v) is 10.8. The standard InChI is InChI=1S/C14H20ClN/c1-10(2)9-16-14-5-3-4-11-8-12(15)6-7-13(11)14/h6-8,10,14,16H,3-5,9H2,1-2H3. The first-order chi connectivity index (χ1) is 7.66. The van der Waals surface area contributed by atoms with Crippen molar-refractivity contribution in [3.8, 4) is 0 Å². The molecular weight excluding hydrogens is 218 g/mol. The lowest BCUT2D eigenvalue weighted by Crippen LogP contribution is -2.28. The number of hydrogen-bond acceptors (Lipinski definition) is 1. The molecule has 0 heterocycles. The molecule has 0 bridgehead atoms. The van der Waals surface area contributed by atoms with E-state index >= 15 is 0 Å². The molecule has 2 rings (SSSR count). The summed E-state index contributed by atoms with van der Waals surface area (Å²) < 4.78 is 0. The molecule has 1 aromatic rings. The third-order valence-electron chi connectivity index (χ3n) is 3.19. The van der Waals surface area contributed by atoms with E-state index in [1.165, 1.54) is 30.4 Å². The number of hydrogen-bond donors (Lipinski definition) is 1. The van der Waals surface area contributed by atoms with Crippen molar-refractivity contribution < 1.29 is 0 Å². The summed E-state index contributed by atoms with van der Waals surface area (Å²) in [6, 6.07) is 6.86. The van der Waals surface area contributed by atoms with Crippen LogP contribution in [0.5, 0.6) is 0 Å². The van der Waals surface area contributed by atoms with E-state index in [2.05, 4.69) is 31.3 Å². The van der Waals surface area contributed by atoms with Crippen molar-refractivity contribution in [2.24, 2.45) is 5.92 Å². The third kappa shape index (κ3) is 2.78. The van der Waals surface area contributed by atoms with Gasteiger partial charge in [-0.1, -0.05) is 31.5 Å². The molecule has 2 heteroatoms. The Hall–Kier alpha value is -0.530. The van der Waals surface area contributed by atoms with Crippen molar-refractivity contribution in [1.82, 2.24) is 5.32 Å². The number of fused-ring (bicyclic) bond motifs is 1. The first kappa shape index (κ1) is 11.9. The molecule has 88 valence electrons. The second-order valence-corrected chi connectivity index (χ2v) is 5.53. The van der Waals surface area contributed by atoms with Gasteiger partial charge in [-0.15, -0.1) is 0 Å². The predicted molar refractivity (Wildman–Crippen MR) is 70.0 cm³/mol. The second kappa shape index (κ2) is 5.20. The largest absolute Gasteiger partial charge is 0.310 e. The van der Waals surface area contributed by atoms with Gasteiger partial charge in [0, 0.05) is 11.1 Å². The Kier molecular flexibility index (Phi) is 3.88. The highest BCUT2D eigenvalue weighted by atomic mass is 35.5. The highest BCUT2D eigenvalue weighted by molar-refractivity contribution is 6.30. The fourth-order valence-electron chi connectivity index (χ4n) is 2.37. The van der Waals surface area contributed by atoms with Crippen LogP contribution in [0.15, 0.2) is 18.2 Å². The SMILES string of the molecule is CC(C)CNC1CCCc2cc(Cl)ccc21. The van der Waals surface area contributed by atoms with Crippen LogP contribution in [0, 0.1) is 5.92 Å². The van der Waals surface area contributed by atoms with Gasteiger partial charge < -0.3 is 5.32 Å². The first-order valence-corrected chi connectivity index (χ1v) is 6.56. The molecule has 1 aliphatic rings. The number of rotatable bonds is 3. The average molecular weight is 238 g/mol. The monoisotopic (exact) mass is 237 g/mol. The Bertz CT molecular complexity index is 360. The van der Waals surface area contributed by atoms with Crippen LogP contribution in [0.25, 0.3) is 0 Å². The first-order valence-electron chi connectivity index (χ1n) is 6.18. The van der Waals surface area contributed by atoms with Gasteiger partial charge in [0.15, 0.2) is 0 Å². The Morgan fingerprint density at radius 3 is 3.00 bits per heavy atom. The van der Waals surface area contributed by atoms with Crippen LogP contribution in [0.3, 0.4) is 0 Å². The van der Waals surface area contributed by atoms with E-state index in [-0.39, 0.29) is 0 Å². The molecule has 1 unspecified atom stereocenters. The number of halogens is 1. The molecule has 0 saturated carbocycles. The van der Waals surface area contributed by atoms with E-state index in [1.807, 2.05) is 6.07 Å². The Balaban J connectivity index is 2.13. The Morgan fingerprint density at radius 1 is 1.44 bits per heavy atom. The molecule has 0 fully saturated rings. The smallest absolute Gasteiger partial charge is 0.0408 e. The van der Waals surface area contributed by atoms with Crippen molar-refractivity contribution in [3.05, 3.63) is 34.3 Å². The van der Waals surface area contributed by atoms with Gasteiger partial charge in [-0.25, -0.2) is 0 Å². The van der Waals surface area contributed by atoms with E-state index in [9.17, 15) is 0 Å². The normalized spacial score (nSPS) is 19.9. The maximum absolute atomic E-state index is 6.03. The van der Waals surface area contributed by atoms with E-state index < -0.39 is 0 Å². The minimum absolute atomic E-state index is 0.531. The molecule has 1 aromatic carbocycles. The summed E-state index contributed by atoms with van der Waals surface area (Å²) in [4.78, 5) is 0. The van der Waals surface area contributed by atoms with Crippen LogP contribution in [-0.2, 0) is 6.42 Å². The van der Waals surface area contributed by atoms with E-state index in [1.54, 1.807) is 0 Å². The highest BCUT2D eigenvalue weighted by Crippen LogP contribution is 2.31. The number of aryl methyl sites for hydroxylation is 1. The van der Waals surface area contributed by atoms with E-state index in [0.29, 0.717) is 12.0 Å². The summed E-state index contributed by atoms with van der Waals surface area (Å²) >= 11 is 6.03. The van der Waals surface area contributed by atoms with Gasteiger partial charge in [0.25, 0.3) is 0 Å². The van der Waals surface area contributed by atoms with Crippen LogP contribution in [-0.4, -0.2) is 6.54 Å². The maximum atomic E-state index is 6.03. The summed E-state index contributed by atoms with van der Waals surface area (Å²) in [5.74, 6) is 0.706. The summed E-state index contributed by atoms with van der Waals surface area (Å²) in [6.07, 6.45) is 3.69. The van der Waals surface area contributed by atoms with Crippen LogP contribution in [0.1, 0.15) is 43.9 Å². The Labute approximate surface area is 103 Å². The molecule has 0 radical (unpaired) electrons. The maximum Gasteiger partial charge on any atom is 0.0408 e. The topological polar surface area (TPSA) is 12.0 Å². The van der Waals surface area contributed by atoms with Gasteiger partial charge in [0.1, 0.15) is 0 Å². The molecular formula is C14H20ClN. The van der Waals surface area contributed by atoms with Crippen LogP contribution in [0.4, 0.5) is 0 Å². The number of nitrogens with one attached hydrogen (secondary N) is 1. The molecule has 1 N–H and O–H groups in total. The van der Waals surface area contributed by atoms with Crippen molar-refractivity contribution in [3.63, 3.8) is 0 Å². The summed E-state index contributed by atoms with van der Waals surface area (Å²) in [5.41, 5.74) is 2.89. The molecule has 0 saturated heterocycles. The van der Waals surface area contributed by atoms with Crippen molar-refractivity contribution in [2.75, 3.05) is 6.54 Å². The molecule has 0 aliphatic heterocycles. The summed E-state index contributed by atoms with van der Waals surface area (Å²) in [6.45, 7) is 5.59. The van der Waals surface area contributed by atoms with Crippen LogP contribution >= 0.6 is 11.6 Å². The quantitative estimate of drug-likeness (QED) is 0.839. The lowest BCUT2D eigenvalue weighted by Gasteiger charge is -2.27. The van der Waals surface area contributed by atoms with Crippen molar-refractivity contribution in [1.29, 1.82) is 0 Å². The lowest BCUT2D eigenvalue weighted by atomic mass is 9.87. The minimum atomic E-state index is 0.531. The van der Waals surface area contributed by atoms with Gasteiger partial charge in [-0.05, 0) is 55.0 Å². The average Bonchev–Trinajstić information content (AvgIpc) is 2.25. The van der Waals surface area contributed by atoms with Gasteiger partial charge >= 0.3 is 0 Å². The fraction of sp³-hybridized carbons (Fsp3) is 0.571.